The highest BCUT2D eigenvalue weighted by molar-refractivity contribution is 9.09. The normalized spacial score (nSPS) is 28.4. The summed E-state index contributed by atoms with van der Waals surface area (Å²) in [5, 5.41) is -0.863. The summed E-state index contributed by atoms with van der Waals surface area (Å²) in [6.07, 6.45) is -8.40. The van der Waals surface area contributed by atoms with Gasteiger partial charge in [0, 0.05) is 55.4 Å². The number of hydrogen-bond donors (Lipinski definition) is 0. The second-order valence-electron chi connectivity index (χ2n) is 11.9. The van der Waals surface area contributed by atoms with Gasteiger partial charge in [0.05, 0.1) is 6.10 Å². The van der Waals surface area contributed by atoms with Crippen LogP contribution in [-0.2, 0) is 85.7 Å². The second kappa shape index (κ2) is 21.5. The molecule has 0 aromatic carbocycles. The van der Waals surface area contributed by atoms with Crippen LogP contribution in [0.1, 0.15) is 75.7 Å². The number of esters is 8. The van der Waals surface area contributed by atoms with Gasteiger partial charge in [0.2, 0.25) is 0 Å². The lowest BCUT2D eigenvalue weighted by atomic mass is 9.90. The summed E-state index contributed by atoms with van der Waals surface area (Å²) in [4.78, 5) is 91.1. The molecule has 0 aromatic heterocycles. The van der Waals surface area contributed by atoms with E-state index in [9.17, 15) is 38.4 Å². The predicted molar refractivity (Wildman–Crippen MR) is 172 cm³/mol. The van der Waals surface area contributed by atoms with Crippen molar-refractivity contribution in [2.45, 2.75) is 136 Å². The summed E-state index contributed by atoms with van der Waals surface area (Å²) < 4.78 is 52.9. The van der Waals surface area contributed by atoms with Crippen LogP contribution in [0.25, 0.3) is 0 Å². The molecule has 18 nitrogen and oxygen atoms in total. The van der Waals surface area contributed by atoms with Gasteiger partial charge in [0.25, 0.3) is 0 Å². The zero-order valence-corrected chi connectivity index (χ0v) is 31.8. The zero-order chi connectivity index (χ0) is 39.2. The van der Waals surface area contributed by atoms with Crippen LogP contribution in [0.15, 0.2) is 0 Å². The van der Waals surface area contributed by atoms with Crippen molar-refractivity contribution in [2.75, 3.05) is 13.2 Å². The minimum atomic E-state index is -1.13. The van der Waals surface area contributed by atoms with E-state index < -0.39 is 108 Å². The molecule has 10 atom stereocenters. The lowest BCUT2D eigenvalue weighted by Crippen LogP contribution is -2.62. The van der Waals surface area contributed by atoms with Crippen LogP contribution < -0.4 is 0 Å². The van der Waals surface area contributed by atoms with Crippen molar-refractivity contribution in [3.05, 3.63) is 0 Å². The van der Waals surface area contributed by atoms with Gasteiger partial charge in [-0.15, -0.1) is 0 Å². The third-order valence-electron chi connectivity index (χ3n) is 6.72. The van der Waals surface area contributed by atoms with Gasteiger partial charge in [-0.2, -0.15) is 0 Å². The van der Waals surface area contributed by atoms with Gasteiger partial charge in [-0.3, -0.25) is 38.4 Å². The van der Waals surface area contributed by atoms with E-state index in [0.29, 0.717) is 6.42 Å². The molecule has 0 saturated carbocycles. The van der Waals surface area contributed by atoms with Gasteiger partial charge in [-0.05, 0) is 12.3 Å². The first-order valence-corrected chi connectivity index (χ1v) is 16.8. The number of carbonyl (C=O) groups excluding carboxylic acids is 8. The standard InChI is InChI=1S/C18H28O9.C14H19BrO9/c1-9(2)7-14-16(24-11(4)20)18(26-13(6)22)17(25-12(5)21)15(27-14)8-23-10(3)19;1-6(16)20-5-10-11(21-7(2)17)12(22-8(3)18)13(14(15)24-10)23-9(4)19/h9,14-18H,7-8H2,1-6H3;10-14H,5H2,1-4H3. The number of halogens is 1. The zero-order valence-electron chi connectivity index (χ0n) is 30.2. The summed E-state index contributed by atoms with van der Waals surface area (Å²) in [5.41, 5.74) is 0. The fraction of sp³-hybridized carbons (Fsp3) is 0.750. The molecule has 0 spiro atoms. The van der Waals surface area contributed by atoms with E-state index in [1.807, 2.05) is 13.8 Å². The van der Waals surface area contributed by atoms with E-state index in [2.05, 4.69) is 15.9 Å². The minimum absolute atomic E-state index is 0.172. The van der Waals surface area contributed by atoms with Crippen molar-refractivity contribution >= 4 is 63.7 Å². The van der Waals surface area contributed by atoms with Crippen molar-refractivity contribution in [2.24, 2.45) is 5.92 Å². The molecule has 51 heavy (non-hydrogen) atoms. The molecule has 2 fully saturated rings. The maximum absolute atomic E-state index is 11.6. The summed E-state index contributed by atoms with van der Waals surface area (Å²) in [5.74, 6) is -4.75. The average molecular weight is 800 g/mol. The fourth-order valence-electron chi connectivity index (χ4n) is 5.15. The molecule has 0 bridgehead atoms. The quantitative estimate of drug-likeness (QED) is 0.155. The Morgan fingerprint density at radius 1 is 0.451 bits per heavy atom. The molecule has 290 valence electrons. The highest BCUT2D eigenvalue weighted by atomic mass is 79.9. The lowest BCUT2D eigenvalue weighted by molar-refractivity contribution is -0.254. The molecule has 0 aromatic rings. The van der Waals surface area contributed by atoms with Crippen molar-refractivity contribution < 1.29 is 85.7 Å². The first-order chi connectivity index (χ1) is 23.6. The summed E-state index contributed by atoms with van der Waals surface area (Å²) in [7, 11) is 0. The molecule has 2 heterocycles. The van der Waals surface area contributed by atoms with E-state index in [4.69, 9.17) is 47.4 Å². The Labute approximate surface area is 303 Å². The Kier molecular flexibility index (Phi) is 19.1. The Morgan fingerprint density at radius 3 is 1.08 bits per heavy atom. The van der Waals surface area contributed by atoms with Crippen LogP contribution in [0.3, 0.4) is 0 Å². The number of ether oxygens (including phenoxy) is 10. The predicted octanol–water partition coefficient (Wildman–Crippen LogP) is 1.62. The lowest BCUT2D eigenvalue weighted by Gasteiger charge is -2.45. The third-order valence-corrected chi connectivity index (χ3v) is 7.46. The molecule has 2 saturated heterocycles. The molecule has 10 unspecified atom stereocenters. The van der Waals surface area contributed by atoms with E-state index in [-0.39, 0.29) is 19.1 Å². The van der Waals surface area contributed by atoms with Crippen LogP contribution in [0.4, 0.5) is 0 Å². The first-order valence-electron chi connectivity index (χ1n) is 15.9. The van der Waals surface area contributed by atoms with Crippen molar-refractivity contribution in [3.63, 3.8) is 0 Å². The summed E-state index contributed by atoms with van der Waals surface area (Å²) >= 11 is 3.18. The van der Waals surface area contributed by atoms with Crippen LogP contribution in [0.5, 0.6) is 0 Å². The fourth-order valence-corrected chi connectivity index (χ4v) is 5.83. The van der Waals surface area contributed by atoms with E-state index in [1.165, 1.54) is 41.5 Å². The number of hydrogen-bond acceptors (Lipinski definition) is 18. The molecule has 0 amide bonds. The molecular formula is C32H47BrO18. The molecule has 0 aliphatic carbocycles. The SMILES string of the molecule is CC(=O)OCC1OC(Br)C(OC(C)=O)C(OC(C)=O)C1OC(C)=O.CC(=O)OCC1OC(CC(C)C)C(OC(C)=O)C(OC(C)=O)C1OC(C)=O. The average Bonchev–Trinajstić information content (AvgIpc) is 2.96. The number of rotatable bonds is 12. The second-order valence-corrected chi connectivity index (χ2v) is 12.8. The van der Waals surface area contributed by atoms with Crippen LogP contribution in [-0.4, -0.2) is 121 Å². The van der Waals surface area contributed by atoms with Gasteiger partial charge >= 0.3 is 47.8 Å². The smallest absolute Gasteiger partial charge is 0.303 e. The molecular weight excluding hydrogens is 752 g/mol. The molecule has 2 rings (SSSR count). The van der Waals surface area contributed by atoms with E-state index >= 15 is 0 Å². The Hall–Kier alpha value is -3.84. The van der Waals surface area contributed by atoms with Crippen molar-refractivity contribution in [3.8, 4) is 0 Å². The minimum Gasteiger partial charge on any atom is -0.463 e. The Balaban J connectivity index is 0.000000514. The topological polar surface area (TPSA) is 229 Å². The van der Waals surface area contributed by atoms with Crippen LogP contribution in [0, 0.1) is 5.92 Å². The van der Waals surface area contributed by atoms with Crippen LogP contribution >= 0.6 is 15.9 Å². The molecule has 0 radical (unpaired) electrons. The number of alkyl halides is 1. The summed E-state index contributed by atoms with van der Waals surface area (Å²) in [6.45, 7) is 13.0. The van der Waals surface area contributed by atoms with E-state index in [0.717, 1.165) is 13.8 Å². The van der Waals surface area contributed by atoms with Gasteiger partial charge < -0.3 is 47.4 Å². The summed E-state index contributed by atoms with van der Waals surface area (Å²) in [6, 6.07) is 0. The van der Waals surface area contributed by atoms with Crippen molar-refractivity contribution in [1.29, 1.82) is 0 Å². The maximum atomic E-state index is 11.6. The monoisotopic (exact) mass is 798 g/mol. The van der Waals surface area contributed by atoms with Gasteiger partial charge in [-0.25, -0.2) is 0 Å². The maximum Gasteiger partial charge on any atom is 0.303 e. The number of carbonyl (C=O) groups is 8. The van der Waals surface area contributed by atoms with Gasteiger partial charge in [-0.1, -0.05) is 29.8 Å². The van der Waals surface area contributed by atoms with Crippen molar-refractivity contribution in [1.82, 2.24) is 0 Å². The Morgan fingerprint density at radius 2 is 0.745 bits per heavy atom. The van der Waals surface area contributed by atoms with Crippen LogP contribution in [0.2, 0.25) is 0 Å². The molecule has 19 heteroatoms. The van der Waals surface area contributed by atoms with E-state index in [1.54, 1.807) is 0 Å². The van der Waals surface area contributed by atoms with Gasteiger partial charge in [0.1, 0.15) is 25.4 Å². The van der Waals surface area contributed by atoms with Gasteiger partial charge in [0.15, 0.2) is 41.6 Å². The Bertz CT molecular complexity index is 1250. The highest BCUT2D eigenvalue weighted by Crippen LogP contribution is 2.33. The largest absolute Gasteiger partial charge is 0.463 e. The molecule has 2 aliphatic rings. The molecule has 0 N–H and O–H groups in total. The highest BCUT2D eigenvalue weighted by Gasteiger charge is 2.53. The third kappa shape index (κ3) is 16.4. The molecule has 2 aliphatic heterocycles. The first kappa shape index (κ1) is 45.2.